The topological polar surface area (TPSA) is 17.0 Å². The van der Waals surface area contributed by atoms with Crippen LogP contribution in [0.25, 0.3) is 0 Å². The smallest absolute Gasteiger partial charge is 0.0338 e. The predicted molar refractivity (Wildman–Crippen MR) is 87.1 cm³/mol. The molecule has 20 heavy (non-hydrogen) atoms. The van der Waals surface area contributed by atoms with Gasteiger partial charge in [0.25, 0.3) is 0 Å². The van der Waals surface area contributed by atoms with Crippen LogP contribution in [-0.4, -0.2) is 11.1 Å². The van der Waals surface area contributed by atoms with Gasteiger partial charge in [0.2, 0.25) is 0 Å². The minimum atomic E-state index is 0.596. The minimum absolute atomic E-state index is 0.596. The van der Waals surface area contributed by atoms with Gasteiger partial charge in [-0.15, -0.1) is 0 Å². The fraction of sp³-hybridized carbons (Fsp3) is 0.778. The second-order valence-electron chi connectivity index (χ2n) is 6.77. The largest absolute Gasteiger partial charge is 0.354 e. The first-order chi connectivity index (χ1) is 9.70. The van der Waals surface area contributed by atoms with Crippen molar-refractivity contribution >= 4 is 0 Å². The lowest BCUT2D eigenvalue weighted by molar-refractivity contribution is 0.484. The van der Waals surface area contributed by atoms with Gasteiger partial charge in [0.05, 0.1) is 0 Å². The maximum absolute atomic E-state index is 3.74. The number of nitrogens with one attached hydrogen (secondary N) is 1. The third-order valence-corrected chi connectivity index (χ3v) is 4.40. The summed E-state index contributed by atoms with van der Waals surface area (Å²) in [6.45, 7) is 9.21. The first kappa shape index (κ1) is 15.6. The molecule has 2 heteroatoms. The van der Waals surface area contributed by atoms with Crippen LogP contribution in [0.3, 0.4) is 0 Å². The van der Waals surface area contributed by atoms with Crippen LogP contribution in [0.2, 0.25) is 0 Å². The van der Waals surface area contributed by atoms with E-state index in [4.69, 9.17) is 0 Å². The number of nitrogens with zero attached hydrogens (tertiary/aromatic N) is 1. The van der Waals surface area contributed by atoms with Crippen LogP contribution in [-0.2, 0) is 13.0 Å². The molecule has 1 atom stereocenters. The van der Waals surface area contributed by atoms with E-state index in [0.29, 0.717) is 6.04 Å². The van der Waals surface area contributed by atoms with E-state index in [2.05, 4.69) is 43.0 Å². The lowest BCUT2D eigenvalue weighted by Crippen LogP contribution is -2.21. The van der Waals surface area contributed by atoms with Crippen LogP contribution in [0.15, 0.2) is 12.4 Å². The van der Waals surface area contributed by atoms with E-state index in [-0.39, 0.29) is 0 Å². The first-order valence-corrected chi connectivity index (χ1v) is 8.62. The maximum Gasteiger partial charge on any atom is 0.0338 e. The van der Waals surface area contributed by atoms with E-state index in [1.165, 1.54) is 51.5 Å². The molecule has 2 nitrogen and oxygen atoms in total. The van der Waals surface area contributed by atoms with E-state index < -0.39 is 0 Å². The summed E-state index contributed by atoms with van der Waals surface area (Å²) in [7, 11) is 0. The third-order valence-electron chi connectivity index (χ3n) is 4.40. The number of hydrogen-bond donors (Lipinski definition) is 1. The number of aromatic nitrogens is 1. The number of aryl methyl sites for hydroxylation is 2. The molecule has 0 aromatic carbocycles. The van der Waals surface area contributed by atoms with Gasteiger partial charge >= 0.3 is 0 Å². The zero-order valence-electron chi connectivity index (χ0n) is 13.6. The molecule has 0 fully saturated rings. The van der Waals surface area contributed by atoms with Gasteiger partial charge in [-0.2, -0.15) is 0 Å². The molecule has 2 rings (SSSR count). The molecule has 0 saturated heterocycles. The summed E-state index contributed by atoms with van der Waals surface area (Å²) < 4.78 is 2.44. The van der Waals surface area contributed by atoms with E-state index in [1.54, 1.807) is 11.1 Å². The average Bonchev–Trinajstić information content (AvgIpc) is 2.72. The van der Waals surface area contributed by atoms with Crippen molar-refractivity contribution in [2.45, 2.75) is 78.3 Å². The molecule has 0 spiro atoms. The van der Waals surface area contributed by atoms with Crippen LogP contribution >= 0.6 is 0 Å². The third kappa shape index (κ3) is 4.37. The highest BCUT2D eigenvalue weighted by molar-refractivity contribution is 5.29. The van der Waals surface area contributed by atoms with Gasteiger partial charge in [0.1, 0.15) is 0 Å². The molecule has 1 aliphatic rings. The quantitative estimate of drug-likeness (QED) is 0.715. The Morgan fingerprint density at radius 3 is 2.90 bits per heavy atom. The summed E-state index contributed by atoms with van der Waals surface area (Å²) in [5.74, 6) is 0.822. The van der Waals surface area contributed by atoms with Crippen LogP contribution < -0.4 is 5.32 Å². The Bertz CT molecular complexity index is 392. The Kier molecular flexibility index (Phi) is 6.15. The molecule has 1 aromatic heterocycles. The second-order valence-corrected chi connectivity index (χ2v) is 6.77. The lowest BCUT2D eigenvalue weighted by atomic mass is 10.0. The van der Waals surface area contributed by atoms with Gasteiger partial charge in [-0.1, -0.05) is 27.2 Å². The van der Waals surface area contributed by atoms with Crippen LogP contribution in [0.5, 0.6) is 0 Å². The molecule has 0 radical (unpaired) electrons. The normalized spacial score (nSPS) is 19.1. The Morgan fingerprint density at radius 2 is 2.15 bits per heavy atom. The Balaban J connectivity index is 2.00. The van der Waals surface area contributed by atoms with Crippen molar-refractivity contribution in [1.29, 1.82) is 0 Å². The number of rotatable bonds is 7. The Labute approximate surface area is 125 Å². The SMILES string of the molecule is CCCNC1CCCCc2cn(CCCC(C)C)cc21. The molecule has 0 aliphatic heterocycles. The van der Waals surface area contributed by atoms with Gasteiger partial charge < -0.3 is 9.88 Å². The van der Waals surface area contributed by atoms with Gasteiger partial charge in [-0.05, 0) is 62.1 Å². The van der Waals surface area contributed by atoms with Crippen molar-refractivity contribution in [2.75, 3.05) is 6.54 Å². The van der Waals surface area contributed by atoms with Crippen molar-refractivity contribution in [3.63, 3.8) is 0 Å². The van der Waals surface area contributed by atoms with E-state index in [0.717, 1.165) is 12.5 Å². The average molecular weight is 276 g/mol. The molecule has 1 aliphatic carbocycles. The summed E-state index contributed by atoms with van der Waals surface area (Å²) >= 11 is 0. The molecule has 1 heterocycles. The highest BCUT2D eigenvalue weighted by Crippen LogP contribution is 2.29. The monoisotopic (exact) mass is 276 g/mol. The summed E-state index contributed by atoms with van der Waals surface area (Å²) in [4.78, 5) is 0. The number of fused-ring (bicyclic) bond motifs is 1. The maximum atomic E-state index is 3.74. The summed E-state index contributed by atoms with van der Waals surface area (Å²) in [5, 5.41) is 3.74. The summed E-state index contributed by atoms with van der Waals surface area (Å²) in [6, 6.07) is 0.596. The van der Waals surface area contributed by atoms with Crippen molar-refractivity contribution in [2.24, 2.45) is 5.92 Å². The molecule has 0 amide bonds. The standard InChI is InChI=1S/C18H32N2/c1-4-11-19-18-10-6-5-9-16-13-20(14-17(16)18)12-7-8-15(2)3/h13-15,18-19H,4-12H2,1-3H3. The lowest BCUT2D eigenvalue weighted by Gasteiger charge is -2.16. The molecule has 114 valence electrons. The van der Waals surface area contributed by atoms with E-state index >= 15 is 0 Å². The van der Waals surface area contributed by atoms with Gasteiger partial charge in [0.15, 0.2) is 0 Å². The van der Waals surface area contributed by atoms with Gasteiger partial charge in [-0.3, -0.25) is 0 Å². The molecule has 1 unspecified atom stereocenters. The zero-order chi connectivity index (χ0) is 14.4. The van der Waals surface area contributed by atoms with E-state index in [1.807, 2.05) is 0 Å². The van der Waals surface area contributed by atoms with Crippen molar-refractivity contribution in [3.8, 4) is 0 Å². The van der Waals surface area contributed by atoms with Crippen molar-refractivity contribution in [1.82, 2.24) is 9.88 Å². The highest BCUT2D eigenvalue weighted by Gasteiger charge is 2.19. The highest BCUT2D eigenvalue weighted by atomic mass is 15.0. The zero-order valence-corrected chi connectivity index (χ0v) is 13.6. The molecule has 0 bridgehead atoms. The van der Waals surface area contributed by atoms with E-state index in [9.17, 15) is 0 Å². The molecule has 1 N–H and O–H groups in total. The van der Waals surface area contributed by atoms with Gasteiger partial charge in [-0.25, -0.2) is 0 Å². The number of hydrogen-bond acceptors (Lipinski definition) is 1. The summed E-state index contributed by atoms with van der Waals surface area (Å²) in [5.41, 5.74) is 3.18. The van der Waals surface area contributed by atoms with Crippen LogP contribution in [0.1, 0.15) is 76.5 Å². The van der Waals surface area contributed by atoms with Crippen molar-refractivity contribution < 1.29 is 0 Å². The van der Waals surface area contributed by atoms with Crippen LogP contribution in [0, 0.1) is 5.92 Å². The second kappa shape index (κ2) is 7.87. The summed E-state index contributed by atoms with van der Waals surface area (Å²) in [6.07, 6.45) is 14.0. The molecule has 1 aromatic rings. The first-order valence-electron chi connectivity index (χ1n) is 8.62. The molecular formula is C18H32N2. The fourth-order valence-electron chi connectivity index (χ4n) is 3.26. The predicted octanol–water partition coefficient (Wildman–Crippen LogP) is 4.69. The Morgan fingerprint density at radius 1 is 1.30 bits per heavy atom. The molecule has 0 saturated carbocycles. The van der Waals surface area contributed by atoms with Crippen molar-refractivity contribution in [3.05, 3.63) is 23.5 Å². The Hall–Kier alpha value is -0.760. The van der Waals surface area contributed by atoms with Crippen LogP contribution in [0.4, 0.5) is 0 Å². The van der Waals surface area contributed by atoms with Gasteiger partial charge in [0, 0.05) is 25.0 Å². The minimum Gasteiger partial charge on any atom is -0.354 e. The fourth-order valence-corrected chi connectivity index (χ4v) is 3.26. The molecular weight excluding hydrogens is 244 g/mol.